The molecule has 3 aromatic heterocycles. The summed E-state index contributed by atoms with van der Waals surface area (Å²) in [5.41, 5.74) is 3.06. The molecule has 37 heavy (non-hydrogen) atoms. The second-order valence-corrected chi connectivity index (χ2v) is 9.55. The van der Waals surface area contributed by atoms with Gasteiger partial charge in [-0.25, -0.2) is 9.78 Å². The number of H-pyrrole nitrogens is 2. The average molecular weight is 530 g/mol. The van der Waals surface area contributed by atoms with Gasteiger partial charge in [0.05, 0.1) is 22.6 Å². The number of furan rings is 1. The standard InChI is InChI=1S/C24H17F3N4O5S/c25-24(26,27)36-10-4-5-12-14(8-10)31-23(30-12)37-17-7-6-16(35-17)18-11-9-28-21(22(33)34)20(11)29-13-2-1-3-15(32)19(13)18/h4-9,18,28-29H,1-3H2,(H,30,31)(H,33,34). The zero-order valence-corrected chi connectivity index (χ0v) is 19.5. The quantitative estimate of drug-likeness (QED) is 0.255. The number of carbonyl (C=O) groups excluding carboxylic acids is 1. The molecule has 4 N–H and O–H groups in total. The fourth-order valence-corrected chi connectivity index (χ4v) is 5.52. The SMILES string of the molecule is O=C1CCCC2=C1C(c1ccc(Sc3nc4ccc(OC(F)(F)F)cc4[nH]3)o1)c1c[nH]c(C(=O)O)c1N2. The van der Waals surface area contributed by atoms with Crippen molar-refractivity contribution in [2.45, 2.75) is 41.8 Å². The first-order valence-corrected chi connectivity index (χ1v) is 12.0. The van der Waals surface area contributed by atoms with Crippen LogP contribution >= 0.6 is 11.8 Å². The first-order chi connectivity index (χ1) is 17.7. The summed E-state index contributed by atoms with van der Waals surface area (Å²) in [6.45, 7) is 0. The van der Waals surface area contributed by atoms with E-state index < -0.39 is 18.2 Å². The van der Waals surface area contributed by atoms with Gasteiger partial charge in [0.25, 0.3) is 0 Å². The van der Waals surface area contributed by atoms with Crippen molar-refractivity contribution in [1.29, 1.82) is 0 Å². The Morgan fingerprint density at radius 2 is 2.05 bits per heavy atom. The fraction of sp³-hybridized carbons (Fsp3) is 0.208. The molecule has 0 amide bonds. The summed E-state index contributed by atoms with van der Waals surface area (Å²) in [7, 11) is 0. The van der Waals surface area contributed by atoms with Gasteiger partial charge in [-0.3, -0.25) is 4.79 Å². The molecule has 1 aliphatic heterocycles. The minimum absolute atomic E-state index is 0.00174. The van der Waals surface area contributed by atoms with Gasteiger partial charge in [-0.2, -0.15) is 0 Å². The Labute approximate surface area is 210 Å². The van der Waals surface area contributed by atoms with Crippen molar-refractivity contribution in [2.24, 2.45) is 0 Å². The Kier molecular flexibility index (Phi) is 5.33. The van der Waals surface area contributed by atoms with Crippen LogP contribution in [0, 0.1) is 0 Å². The lowest BCUT2D eigenvalue weighted by Crippen LogP contribution is -2.26. The molecule has 6 rings (SSSR count). The summed E-state index contributed by atoms with van der Waals surface area (Å²) in [5.74, 6) is -1.64. The van der Waals surface area contributed by atoms with Crippen molar-refractivity contribution in [3.8, 4) is 5.75 Å². The van der Waals surface area contributed by atoms with Gasteiger partial charge in [-0.05, 0) is 48.9 Å². The third-order valence-corrected chi connectivity index (χ3v) is 7.01. The number of aromatic carboxylic acids is 1. The number of halogens is 3. The minimum Gasteiger partial charge on any atom is -0.477 e. The molecule has 2 aliphatic rings. The predicted molar refractivity (Wildman–Crippen MR) is 125 cm³/mol. The maximum Gasteiger partial charge on any atom is 0.573 e. The van der Waals surface area contributed by atoms with E-state index >= 15 is 0 Å². The van der Waals surface area contributed by atoms with Crippen molar-refractivity contribution >= 4 is 40.2 Å². The normalized spacial score (nSPS) is 17.5. The molecule has 1 unspecified atom stereocenters. The fourth-order valence-electron chi connectivity index (χ4n) is 4.75. The molecule has 0 saturated heterocycles. The zero-order valence-electron chi connectivity index (χ0n) is 18.7. The number of carbonyl (C=O) groups is 2. The summed E-state index contributed by atoms with van der Waals surface area (Å²) in [5, 5.41) is 13.5. The number of aromatic nitrogens is 3. The van der Waals surface area contributed by atoms with Crippen LogP contribution in [0.1, 0.15) is 47.0 Å². The van der Waals surface area contributed by atoms with Gasteiger partial charge in [-0.15, -0.1) is 13.2 Å². The molecule has 0 fully saturated rings. The molecule has 4 aromatic rings. The number of rotatable bonds is 5. The van der Waals surface area contributed by atoms with Crippen LogP contribution in [0.5, 0.6) is 5.75 Å². The van der Waals surface area contributed by atoms with Gasteiger partial charge in [0, 0.05) is 35.5 Å². The molecule has 1 aliphatic carbocycles. The summed E-state index contributed by atoms with van der Waals surface area (Å²) in [4.78, 5) is 34.7. The number of Topliss-reactive ketones (excluding diaryl/α,β-unsaturated/α-hetero) is 1. The third-order valence-electron chi connectivity index (χ3n) is 6.21. The first-order valence-electron chi connectivity index (χ1n) is 11.2. The van der Waals surface area contributed by atoms with Gasteiger partial charge in [-0.1, -0.05) is 0 Å². The first kappa shape index (κ1) is 23.3. The maximum absolute atomic E-state index is 12.9. The number of aromatic amines is 2. The molecule has 1 aromatic carbocycles. The smallest absolute Gasteiger partial charge is 0.477 e. The van der Waals surface area contributed by atoms with Crippen molar-refractivity contribution in [2.75, 3.05) is 5.32 Å². The van der Waals surface area contributed by atoms with E-state index in [1.165, 1.54) is 18.2 Å². The molecule has 13 heteroatoms. The van der Waals surface area contributed by atoms with Crippen LogP contribution in [-0.4, -0.2) is 38.2 Å². The number of carboxylic acids is 1. The number of ether oxygens (including phenoxy) is 1. The molecule has 0 saturated carbocycles. The monoisotopic (exact) mass is 530 g/mol. The van der Waals surface area contributed by atoms with Crippen LogP contribution in [0.25, 0.3) is 11.0 Å². The summed E-state index contributed by atoms with van der Waals surface area (Å²) >= 11 is 1.12. The maximum atomic E-state index is 12.9. The van der Waals surface area contributed by atoms with Crippen LogP contribution in [-0.2, 0) is 4.79 Å². The van der Waals surface area contributed by atoms with E-state index in [1.54, 1.807) is 18.3 Å². The van der Waals surface area contributed by atoms with Gasteiger partial charge >= 0.3 is 12.3 Å². The van der Waals surface area contributed by atoms with E-state index in [-0.39, 0.29) is 17.2 Å². The van der Waals surface area contributed by atoms with Gasteiger partial charge in [0.15, 0.2) is 16.0 Å². The van der Waals surface area contributed by atoms with Crippen LogP contribution in [0.4, 0.5) is 18.9 Å². The van der Waals surface area contributed by atoms with Crippen molar-refractivity contribution in [1.82, 2.24) is 15.0 Å². The summed E-state index contributed by atoms with van der Waals surface area (Å²) in [6, 6.07) is 7.22. The Hall–Kier alpha value is -4.13. The number of hydrogen-bond donors (Lipinski definition) is 4. The lowest BCUT2D eigenvalue weighted by molar-refractivity contribution is -0.274. The molecule has 9 nitrogen and oxygen atoms in total. The van der Waals surface area contributed by atoms with E-state index in [4.69, 9.17) is 4.42 Å². The number of ketones is 1. The van der Waals surface area contributed by atoms with Crippen molar-refractivity contribution in [3.63, 3.8) is 0 Å². The number of allylic oxidation sites excluding steroid dienone is 2. The number of hydrogen-bond acceptors (Lipinski definition) is 7. The van der Waals surface area contributed by atoms with E-state index in [9.17, 15) is 27.9 Å². The number of benzene rings is 1. The second kappa shape index (κ2) is 8.47. The average Bonchev–Trinajstić information content (AvgIpc) is 3.54. The van der Waals surface area contributed by atoms with E-state index in [2.05, 4.69) is 25.0 Å². The Balaban J connectivity index is 1.32. The Morgan fingerprint density at radius 1 is 1.22 bits per heavy atom. The van der Waals surface area contributed by atoms with Gasteiger partial charge < -0.3 is 29.5 Å². The van der Waals surface area contributed by atoms with Crippen molar-refractivity contribution < 1.29 is 37.0 Å². The van der Waals surface area contributed by atoms with Crippen LogP contribution in [0.15, 0.2) is 62.5 Å². The number of carboxylic acid groups (broad SMARTS) is 1. The van der Waals surface area contributed by atoms with Crippen LogP contribution < -0.4 is 10.1 Å². The topological polar surface area (TPSA) is 133 Å². The number of fused-ring (bicyclic) bond motifs is 2. The summed E-state index contributed by atoms with van der Waals surface area (Å²) in [6.07, 6.45) is -1.56. The number of nitrogens with zero attached hydrogens (tertiary/aromatic N) is 1. The van der Waals surface area contributed by atoms with Crippen LogP contribution in [0.2, 0.25) is 0 Å². The third kappa shape index (κ3) is 4.24. The highest BCUT2D eigenvalue weighted by atomic mass is 32.2. The zero-order chi connectivity index (χ0) is 25.9. The van der Waals surface area contributed by atoms with E-state index in [0.29, 0.717) is 68.8 Å². The second-order valence-electron chi connectivity index (χ2n) is 8.55. The van der Waals surface area contributed by atoms with E-state index in [1.807, 2.05) is 0 Å². The highest BCUT2D eigenvalue weighted by Crippen LogP contribution is 2.47. The lowest BCUT2D eigenvalue weighted by Gasteiger charge is -2.31. The molecular formula is C24H17F3N4O5S. The lowest BCUT2D eigenvalue weighted by atomic mass is 9.78. The molecular weight excluding hydrogens is 513 g/mol. The number of imidazole rings is 1. The molecule has 190 valence electrons. The largest absolute Gasteiger partial charge is 0.573 e. The van der Waals surface area contributed by atoms with E-state index in [0.717, 1.165) is 11.8 Å². The molecule has 4 heterocycles. The van der Waals surface area contributed by atoms with Crippen molar-refractivity contribution in [3.05, 3.63) is 64.8 Å². The Bertz CT molecular complexity index is 1600. The molecule has 1 atom stereocenters. The number of nitrogens with one attached hydrogen (secondary N) is 3. The number of alkyl halides is 3. The number of anilines is 1. The van der Waals surface area contributed by atoms with Gasteiger partial charge in [0.1, 0.15) is 17.2 Å². The minimum atomic E-state index is -4.80. The summed E-state index contributed by atoms with van der Waals surface area (Å²) < 4.78 is 47.6. The highest BCUT2D eigenvalue weighted by Gasteiger charge is 2.39. The predicted octanol–water partition coefficient (Wildman–Crippen LogP) is 5.80. The Morgan fingerprint density at radius 3 is 2.84 bits per heavy atom. The molecule has 0 bridgehead atoms. The van der Waals surface area contributed by atoms with Crippen LogP contribution in [0.3, 0.4) is 0 Å². The molecule has 0 spiro atoms. The highest BCUT2D eigenvalue weighted by molar-refractivity contribution is 7.99. The molecule has 0 radical (unpaired) electrons. The van der Waals surface area contributed by atoms with Gasteiger partial charge in [0.2, 0.25) is 0 Å².